The summed E-state index contributed by atoms with van der Waals surface area (Å²) in [6, 6.07) is 7.39. The van der Waals surface area contributed by atoms with Gasteiger partial charge < -0.3 is 9.47 Å². The molecule has 2 aromatic rings. The molecule has 4 rings (SSSR count). The molecule has 136 valence electrons. The van der Waals surface area contributed by atoms with Crippen LogP contribution < -0.4 is 4.90 Å². The number of thioether (sulfide) groups is 1. The van der Waals surface area contributed by atoms with E-state index in [0.717, 1.165) is 55.4 Å². The first-order valence-corrected chi connectivity index (χ1v) is 10.2. The molecule has 2 aliphatic rings. The van der Waals surface area contributed by atoms with Crippen LogP contribution in [0.15, 0.2) is 29.4 Å². The highest BCUT2D eigenvalue weighted by atomic mass is 32.2. The van der Waals surface area contributed by atoms with E-state index in [9.17, 15) is 9.59 Å². The van der Waals surface area contributed by atoms with Crippen molar-refractivity contribution >= 4 is 29.1 Å². The van der Waals surface area contributed by atoms with E-state index in [1.807, 2.05) is 24.3 Å². The highest BCUT2D eigenvalue weighted by Crippen LogP contribution is 2.25. The van der Waals surface area contributed by atoms with Gasteiger partial charge in [0.1, 0.15) is 5.82 Å². The zero-order valence-electron chi connectivity index (χ0n) is 14.7. The molecule has 0 bridgehead atoms. The summed E-state index contributed by atoms with van der Waals surface area (Å²) >= 11 is 1.45. The third kappa shape index (κ3) is 3.53. The molecule has 1 amide bonds. The monoisotopic (exact) mass is 370 g/mol. The Morgan fingerprint density at radius 1 is 1.08 bits per heavy atom. The molecule has 0 atom stereocenters. The number of Topliss-reactive ketones (excluding diaryl/α,β-unsaturated/α-hetero) is 1. The molecule has 0 spiro atoms. The smallest absolute Gasteiger partial charge is 0.227 e. The normalized spacial score (nSPS) is 17.2. The molecule has 6 nitrogen and oxygen atoms in total. The topological polar surface area (TPSA) is 68.1 Å². The Hall–Kier alpha value is -2.15. The predicted molar refractivity (Wildman–Crippen MR) is 101 cm³/mol. The van der Waals surface area contributed by atoms with Gasteiger partial charge in [0.25, 0.3) is 0 Å². The molecule has 0 aliphatic carbocycles. The number of carbonyl (C=O) groups is 2. The zero-order chi connectivity index (χ0) is 17.9. The van der Waals surface area contributed by atoms with Crippen LogP contribution >= 0.6 is 11.8 Å². The van der Waals surface area contributed by atoms with Crippen LogP contribution in [0.25, 0.3) is 0 Å². The number of anilines is 1. The Kier molecular flexibility index (Phi) is 5.06. The highest BCUT2D eigenvalue weighted by Gasteiger charge is 2.22. The van der Waals surface area contributed by atoms with Crippen molar-refractivity contribution in [1.82, 2.24) is 14.8 Å². The molecule has 0 N–H and O–H groups in total. The van der Waals surface area contributed by atoms with Gasteiger partial charge in [0.2, 0.25) is 5.91 Å². The Morgan fingerprint density at radius 3 is 2.85 bits per heavy atom. The second kappa shape index (κ2) is 7.61. The summed E-state index contributed by atoms with van der Waals surface area (Å²) in [4.78, 5) is 26.3. The molecular weight excluding hydrogens is 348 g/mol. The summed E-state index contributed by atoms with van der Waals surface area (Å²) in [6.45, 7) is 1.67. The van der Waals surface area contributed by atoms with Gasteiger partial charge in [-0.2, -0.15) is 0 Å². The molecule has 0 radical (unpaired) electrons. The molecule has 7 heteroatoms. The Labute approximate surface area is 157 Å². The van der Waals surface area contributed by atoms with Crippen LogP contribution in [0.5, 0.6) is 0 Å². The van der Waals surface area contributed by atoms with Crippen LogP contribution in [-0.2, 0) is 17.8 Å². The number of ketones is 1. The molecule has 26 heavy (non-hydrogen) atoms. The van der Waals surface area contributed by atoms with Gasteiger partial charge in [-0.25, -0.2) is 0 Å². The number of rotatable bonds is 5. The van der Waals surface area contributed by atoms with E-state index >= 15 is 0 Å². The van der Waals surface area contributed by atoms with Crippen molar-refractivity contribution in [2.45, 2.75) is 50.2 Å². The number of carbonyl (C=O) groups excluding carboxylic acids is 2. The van der Waals surface area contributed by atoms with Crippen LogP contribution in [-0.4, -0.2) is 38.8 Å². The van der Waals surface area contributed by atoms with Crippen molar-refractivity contribution < 1.29 is 9.59 Å². The lowest BCUT2D eigenvalue weighted by Crippen LogP contribution is -2.23. The van der Waals surface area contributed by atoms with E-state index in [-0.39, 0.29) is 11.7 Å². The van der Waals surface area contributed by atoms with Gasteiger partial charge in [-0.05, 0) is 31.4 Å². The van der Waals surface area contributed by atoms with E-state index in [1.165, 1.54) is 18.2 Å². The predicted octanol–water partition coefficient (Wildman–Crippen LogP) is 3.11. The van der Waals surface area contributed by atoms with Gasteiger partial charge in [-0.15, -0.1) is 10.2 Å². The van der Waals surface area contributed by atoms with Crippen molar-refractivity contribution in [2.24, 2.45) is 0 Å². The second-order valence-corrected chi connectivity index (χ2v) is 7.71. The summed E-state index contributed by atoms with van der Waals surface area (Å²) < 4.78 is 2.16. The number of fused-ring (bicyclic) bond motifs is 1. The standard InChI is InChI=1S/C19H22N4O2S/c24-16(13-26-19-21-20-17-8-2-1-3-10-23(17)19)14-6-4-7-15(12-14)22-11-5-9-18(22)25/h4,6-7,12H,1-3,5,8-11,13H2. The second-order valence-electron chi connectivity index (χ2n) is 6.77. The number of benzene rings is 1. The van der Waals surface area contributed by atoms with Gasteiger partial charge in [-0.3, -0.25) is 9.59 Å². The van der Waals surface area contributed by atoms with Gasteiger partial charge in [0.05, 0.1) is 5.75 Å². The zero-order valence-corrected chi connectivity index (χ0v) is 15.5. The Morgan fingerprint density at radius 2 is 2.00 bits per heavy atom. The van der Waals surface area contributed by atoms with Crippen LogP contribution in [0.3, 0.4) is 0 Å². The average molecular weight is 370 g/mol. The minimum Gasteiger partial charge on any atom is -0.312 e. The minimum absolute atomic E-state index is 0.0504. The van der Waals surface area contributed by atoms with E-state index in [1.54, 1.807) is 4.90 Å². The lowest BCUT2D eigenvalue weighted by atomic mass is 10.1. The number of aromatic nitrogens is 3. The average Bonchev–Trinajstić information content (AvgIpc) is 3.18. The Bertz CT molecular complexity index is 833. The van der Waals surface area contributed by atoms with Gasteiger partial charge in [-0.1, -0.05) is 30.3 Å². The largest absolute Gasteiger partial charge is 0.312 e. The molecule has 1 aromatic carbocycles. The van der Waals surface area contributed by atoms with Gasteiger partial charge >= 0.3 is 0 Å². The molecule has 3 heterocycles. The summed E-state index contributed by atoms with van der Waals surface area (Å²) in [7, 11) is 0. The lowest BCUT2D eigenvalue weighted by Gasteiger charge is -2.16. The maximum atomic E-state index is 12.6. The number of hydrogen-bond donors (Lipinski definition) is 0. The lowest BCUT2D eigenvalue weighted by molar-refractivity contribution is -0.117. The van der Waals surface area contributed by atoms with Gasteiger partial charge in [0, 0.05) is 37.2 Å². The molecular formula is C19H22N4O2S. The first-order valence-electron chi connectivity index (χ1n) is 9.21. The van der Waals surface area contributed by atoms with Gasteiger partial charge in [0.15, 0.2) is 10.9 Å². The highest BCUT2D eigenvalue weighted by molar-refractivity contribution is 7.99. The third-order valence-electron chi connectivity index (χ3n) is 4.96. The first-order chi connectivity index (χ1) is 12.7. The Balaban J connectivity index is 1.44. The molecule has 0 saturated carbocycles. The van der Waals surface area contributed by atoms with E-state index in [0.29, 0.717) is 17.7 Å². The van der Waals surface area contributed by atoms with Crippen molar-refractivity contribution in [2.75, 3.05) is 17.2 Å². The first kappa shape index (κ1) is 17.3. The van der Waals surface area contributed by atoms with Crippen molar-refractivity contribution in [3.8, 4) is 0 Å². The summed E-state index contributed by atoms with van der Waals surface area (Å²) in [5.74, 6) is 1.55. The van der Waals surface area contributed by atoms with E-state index < -0.39 is 0 Å². The third-order valence-corrected chi connectivity index (χ3v) is 5.93. The number of nitrogens with zero attached hydrogens (tertiary/aromatic N) is 4. The summed E-state index contributed by atoms with van der Waals surface area (Å²) in [5.41, 5.74) is 1.46. The summed E-state index contributed by atoms with van der Waals surface area (Å²) in [6.07, 6.45) is 5.95. The fraction of sp³-hybridized carbons (Fsp3) is 0.474. The molecule has 1 saturated heterocycles. The van der Waals surface area contributed by atoms with Crippen LogP contribution in [0.4, 0.5) is 5.69 Å². The van der Waals surface area contributed by atoms with Crippen LogP contribution in [0.1, 0.15) is 48.3 Å². The minimum atomic E-state index is 0.0504. The van der Waals surface area contributed by atoms with E-state index in [4.69, 9.17) is 0 Å². The maximum absolute atomic E-state index is 12.6. The summed E-state index contributed by atoms with van der Waals surface area (Å²) in [5, 5.41) is 9.38. The fourth-order valence-corrected chi connectivity index (χ4v) is 4.42. The molecule has 1 aromatic heterocycles. The quantitative estimate of drug-likeness (QED) is 0.598. The maximum Gasteiger partial charge on any atom is 0.227 e. The number of amides is 1. The molecule has 1 fully saturated rings. The van der Waals surface area contributed by atoms with Crippen molar-refractivity contribution in [3.05, 3.63) is 35.7 Å². The van der Waals surface area contributed by atoms with E-state index in [2.05, 4.69) is 14.8 Å². The number of hydrogen-bond acceptors (Lipinski definition) is 5. The number of aryl methyl sites for hydroxylation is 1. The van der Waals surface area contributed by atoms with Crippen molar-refractivity contribution in [3.63, 3.8) is 0 Å². The van der Waals surface area contributed by atoms with Crippen molar-refractivity contribution in [1.29, 1.82) is 0 Å². The van der Waals surface area contributed by atoms with Crippen LogP contribution in [0.2, 0.25) is 0 Å². The molecule has 2 aliphatic heterocycles. The fourth-order valence-electron chi connectivity index (χ4n) is 3.55. The van der Waals surface area contributed by atoms with Crippen LogP contribution in [0, 0.1) is 0 Å². The molecule has 0 unspecified atom stereocenters. The SMILES string of the molecule is O=C(CSc1nnc2n1CCCCC2)c1cccc(N2CCCC2=O)c1.